The molecule has 6 heteroatoms. The smallest absolute Gasteiger partial charge is 0.129 e. The Balaban J connectivity index is 2.45. The molecule has 2 aromatic rings. The Morgan fingerprint density at radius 3 is 2.25 bits per heavy atom. The Morgan fingerprint density at radius 2 is 1.67 bits per heavy atom. The molecule has 0 amide bonds. The fourth-order valence-electron chi connectivity index (χ4n) is 1.74. The summed E-state index contributed by atoms with van der Waals surface area (Å²) < 4.78 is 13.2. The van der Waals surface area contributed by atoms with Gasteiger partial charge in [-0.15, -0.1) is 0 Å². The summed E-state index contributed by atoms with van der Waals surface area (Å²) in [6, 6.07) is 14.8. The van der Waals surface area contributed by atoms with Gasteiger partial charge < -0.3 is 0 Å². The Morgan fingerprint density at radius 1 is 1.00 bits per heavy atom. The predicted molar refractivity (Wildman–Crippen MR) is 96.0 cm³/mol. The zero-order valence-electron chi connectivity index (χ0n) is 12.1. The highest BCUT2D eigenvalue weighted by atomic mass is 35.5. The molecule has 0 saturated carbocycles. The van der Waals surface area contributed by atoms with Crippen molar-refractivity contribution in [2.75, 3.05) is 0 Å². The second-order valence-electron chi connectivity index (χ2n) is 4.52. The second-order valence-corrected chi connectivity index (χ2v) is 6.45. The maximum atomic E-state index is 13.2. The molecule has 0 fully saturated rings. The summed E-state index contributed by atoms with van der Waals surface area (Å²) in [5.41, 5.74) is 0.809. The highest BCUT2D eigenvalue weighted by Gasteiger charge is 2.08. The molecule has 0 aliphatic heterocycles. The summed E-state index contributed by atoms with van der Waals surface area (Å²) >= 11 is 13.3. The predicted octanol–water partition coefficient (Wildman–Crippen LogP) is 6.24. The molecule has 0 unspecified atom stereocenters. The third-order valence-electron chi connectivity index (χ3n) is 2.88. The molecule has 2 nitrogen and oxygen atoms in total. The number of halogens is 3. The average Bonchev–Trinajstić information content (AvgIpc) is 2.57. The van der Waals surface area contributed by atoms with Crippen LogP contribution in [0.5, 0.6) is 0 Å². The zero-order valence-corrected chi connectivity index (χ0v) is 14.5. The first-order valence-corrected chi connectivity index (χ1v) is 8.21. The molecular weight excluding hydrogens is 366 g/mol. The Hall–Kier alpha value is -2.24. The van der Waals surface area contributed by atoms with Crippen molar-refractivity contribution in [2.45, 2.75) is 4.90 Å². The summed E-state index contributed by atoms with van der Waals surface area (Å²) in [5, 5.41) is 18.6. The van der Waals surface area contributed by atoms with E-state index in [9.17, 15) is 4.39 Å². The molecule has 0 saturated heterocycles. The lowest BCUT2D eigenvalue weighted by atomic mass is 10.2. The highest BCUT2D eigenvalue weighted by Crippen LogP contribution is 2.38. The normalized spacial score (nSPS) is 10.6. The van der Waals surface area contributed by atoms with E-state index in [1.54, 1.807) is 36.4 Å². The Labute approximate surface area is 153 Å². The van der Waals surface area contributed by atoms with E-state index in [2.05, 4.69) is 0 Å². The molecule has 0 N–H and O–H groups in total. The minimum Gasteiger partial charge on any atom is -0.207 e. The van der Waals surface area contributed by atoms with E-state index in [4.69, 9.17) is 33.7 Å². The molecule has 0 atom stereocenters. The summed E-state index contributed by atoms with van der Waals surface area (Å²) in [6.45, 7) is 0. The first-order valence-electron chi connectivity index (χ1n) is 6.64. The van der Waals surface area contributed by atoms with E-state index < -0.39 is 5.82 Å². The van der Waals surface area contributed by atoms with Gasteiger partial charge in [0.15, 0.2) is 0 Å². The van der Waals surface area contributed by atoms with Crippen molar-refractivity contribution in [3.8, 4) is 12.1 Å². The van der Waals surface area contributed by atoms with Crippen LogP contribution in [0.3, 0.4) is 0 Å². The third kappa shape index (κ3) is 4.88. The van der Waals surface area contributed by atoms with Crippen molar-refractivity contribution in [3.05, 3.63) is 81.6 Å². The van der Waals surface area contributed by atoms with Gasteiger partial charge in [0.25, 0.3) is 0 Å². The number of hydrogen-bond donors (Lipinski definition) is 0. The molecule has 0 spiro atoms. The Bertz CT molecular complexity index is 875. The van der Waals surface area contributed by atoms with Crippen LogP contribution in [-0.2, 0) is 0 Å². The van der Waals surface area contributed by atoms with Crippen molar-refractivity contribution in [1.82, 2.24) is 0 Å². The van der Waals surface area contributed by atoms with Crippen LogP contribution in [0.4, 0.5) is 4.39 Å². The van der Waals surface area contributed by atoms with E-state index in [0.717, 1.165) is 10.5 Å². The molecule has 0 radical (unpaired) electrons. The summed E-state index contributed by atoms with van der Waals surface area (Å²) in [6.07, 6.45) is 3.07. The molecule has 0 aromatic heterocycles. The van der Waals surface area contributed by atoms with Crippen molar-refractivity contribution < 1.29 is 4.39 Å². The van der Waals surface area contributed by atoms with Gasteiger partial charge in [0.05, 0.1) is 5.02 Å². The second kappa shape index (κ2) is 8.57. The maximum absolute atomic E-state index is 13.2. The van der Waals surface area contributed by atoms with Gasteiger partial charge >= 0.3 is 0 Å². The summed E-state index contributed by atoms with van der Waals surface area (Å²) in [5.74, 6) is -0.419. The van der Waals surface area contributed by atoms with Crippen molar-refractivity contribution in [3.63, 3.8) is 0 Å². The van der Waals surface area contributed by atoms with Crippen LogP contribution < -0.4 is 0 Å². The van der Waals surface area contributed by atoms with Crippen molar-refractivity contribution in [1.29, 1.82) is 10.5 Å². The van der Waals surface area contributed by atoms with Crippen LogP contribution in [0.15, 0.2) is 65.1 Å². The van der Waals surface area contributed by atoms with Crippen LogP contribution >= 0.6 is 35.0 Å². The lowest BCUT2D eigenvalue weighted by Gasteiger charge is -2.09. The van der Waals surface area contributed by atoms with E-state index in [-0.39, 0.29) is 10.6 Å². The Kier molecular flexibility index (Phi) is 6.46. The van der Waals surface area contributed by atoms with Gasteiger partial charge in [0.1, 0.15) is 23.5 Å². The summed E-state index contributed by atoms with van der Waals surface area (Å²) in [4.78, 5) is 1.39. The largest absolute Gasteiger partial charge is 0.207 e. The first kappa shape index (κ1) is 18.1. The number of thioether (sulfide) groups is 1. The number of hydrogen-bond acceptors (Lipinski definition) is 3. The van der Waals surface area contributed by atoms with E-state index in [1.165, 1.54) is 30.0 Å². The minimum absolute atomic E-state index is 0.0210. The number of allylic oxidation sites excluding steroid dienone is 3. The fourth-order valence-corrected chi connectivity index (χ4v) is 3.07. The van der Waals surface area contributed by atoms with E-state index in [0.29, 0.717) is 9.92 Å². The molecular formula is C18H9Cl2FN2S. The third-order valence-corrected chi connectivity index (χ3v) is 4.73. The monoisotopic (exact) mass is 374 g/mol. The van der Waals surface area contributed by atoms with Gasteiger partial charge in [-0.3, -0.25) is 0 Å². The van der Waals surface area contributed by atoms with Gasteiger partial charge in [-0.25, -0.2) is 4.39 Å². The van der Waals surface area contributed by atoms with Crippen LogP contribution in [0.25, 0.3) is 4.91 Å². The number of nitrogens with zero attached hydrogens (tertiary/aromatic N) is 2. The van der Waals surface area contributed by atoms with Crippen molar-refractivity contribution >= 4 is 39.9 Å². The standard InChI is InChI=1S/C18H9Cl2FN2S/c19-14-4-2-13(3-5-14)17(7-1-12(10-22)11-23)24-18-8-6-15(21)9-16(18)20/h1-9H. The van der Waals surface area contributed by atoms with Crippen LogP contribution in [-0.4, -0.2) is 0 Å². The minimum atomic E-state index is -0.419. The molecule has 24 heavy (non-hydrogen) atoms. The van der Waals surface area contributed by atoms with Gasteiger partial charge in [-0.2, -0.15) is 10.5 Å². The molecule has 0 aliphatic rings. The molecule has 2 aromatic carbocycles. The quantitative estimate of drug-likeness (QED) is 0.361. The molecule has 0 heterocycles. The maximum Gasteiger partial charge on any atom is 0.129 e. The van der Waals surface area contributed by atoms with E-state index >= 15 is 0 Å². The molecule has 118 valence electrons. The molecule has 2 rings (SSSR count). The van der Waals surface area contributed by atoms with Crippen molar-refractivity contribution in [2.24, 2.45) is 0 Å². The number of rotatable bonds is 4. The van der Waals surface area contributed by atoms with Gasteiger partial charge in [-0.1, -0.05) is 47.1 Å². The average molecular weight is 375 g/mol. The fraction of sp³-hybridized carbons (Fsp3) is 0. The van der Waals surface area contributed by atoms with Gasteiger partial charge in [0.2, 0.25) is 0 Å². The summed E-state index contributed by atoms with van der Waals surface area (Å²) in [7, 11) is 0. The SMILES string of the molecule is N#CC(C#N)=CC=C(Sc1ccc(F)cc1Cl)c1ccc(Cl)cc1. The molecule has 0 aliphatic carbocycles. The van der Waals surface area contributed by atoms with Crippen LogP contribution in [0.2, 0.25) is 10.0 Å². The zero-order chi connectivity index (χ0) is 17.5. The van der Waals surface area contributed by atoms with Gasteiger partial charge in [-0.05, 0) is 48.0 Å². The van der Waals surface area contributed by atoms with Crippen LogP contribution in [0, 0.1) is 28.5 Å². The number of benzene rings is 2. The van der Waals surface area contributed by atoms with E-state index in [1.807, 2.05) is 12.1 Å². The lowest BCUT2D eigenvalue weighted by Crippen LogP contribution is -1.83. The first-order chi connectivity index (χ1) is 11.5. The highest BCUT2D eigenvalue weighted by molar-refractivity contribution is 8.08. The topological polar surface area (TPSA) is 47.6 Å². The number of nitriles is 2. The molecule has 0 bridgehead atoms. The lowest BCUT2D eigenvalue weighted by molar-refractivity contribution is 0.626. The van der Waals surface area contributed by atoms with Gasteiger partial charge in [0, 0.05) is 14.8 Å². The van der Waals surface area contributed by atoms with Crippen LogP contribution in [0.1, 0.15) is 5.56 Å².